The summed E-state index contributed by atoms with van der Waals surface area (Å²) in [5, 5.41) is 0. The van der Waals surface area contributed by atoms with E-state index in [0.717, 1.165) is 51.3 Å². The van der Waals surface area contributed by atoms with Gasteiger partial charge in [0.15, 0.2) is 0 Å². The summed E-state index contributed by atoms with van der Waals surface area (Å²) in [6, 6.07) is 0.00926. The summed E-state index contributed by atoms with van der Waals surface area (Å²) in [4.78, 5) is 4.27. The van der Waals surface area contributed by atoms with Gasteiger partial charge in [-0.1, -0.05) is 0 Å². The van der Waals surface area contributed by atoms with Gasteiger partial charge >= 0.3 is 0 Å². The second kappa shape index (κ2) is 5.23. The molecular weight excluding hydrogens is 242 g/mol. The predicted octanol–water partition coefficient (Wildman–Crippen LogP) is 1.49. The van der Waals surface area contributed by atoms with Crippen LogP contribution in [0.5, 0.6) is 0 Å². The standard InChI is InChI=1S/C14H23N3O2/c1-14(4-2-5-19-14)9-17-10-16-7-12(17)13(15)11-3-6-18-8-11/h7,10-11,13H,2-6,8-9,15H2,1H3. The lowest BCUT2D eigenvalue weighted by Gasteiger charge is -2.26. The number of imidazole rings is 1. The van der Waals surface area contributed by atoms with Gasteiger partial charge in [0, 0.05) is 25.3 Å². The molecule has 5 heteroatoms. The summed E-state index contributed by atoms with van der Waals surface area (Å²) in [5.41, 5.74) is 7.42. The third-order valence-corrected chi connectivity index (χ3v) is 4.36. The Morgan fingerprint density at radius 1 is 1.58 bits per heavy atom. The van der Waals surface area contributed by atoms with Crippen molar-refractivity contribution in [2.75, 3.05) is 19.8 Å². The molecule has 2 aliphatic heterocycles. The van der Waals surface area contributed by atoms with Gasteiger partial charge in [0.25, 0.3) is 0 Å². The first kappa shape index (κ1) is 13.1. The molecule has 0 radical (unpaired) electrons. The molecule has 5 nitrogen and oxygen atoms in total. The maximum Gasteiger partial charge on any atom is 0.0949 e. The zero-order chi connectivity index (χ0) is 13.3. The Hall–Kier alpha value is -0.910. The molecule has 3 atom stereocenters. The van der Waals surface area contributed by atoms with E-state index in [0.29, 0.717) is 5.92 Å². The predicted molar refractivity (Wildman–Crippen MR) is 71.7 cm³/mol. The minimum absolute atomic E-state index is 0.00926. The lowest BCUT2D eigenvalue weighted by Crippen LogP contribution is -2.32. The Morgan fingerprint density at radius 3 is 3.16 bits per heavy atom. The van der Waals surface area contributed by atoms with Gasteiger partial charge in [-0.3, -0.25) is 0 Å². The third kappa shape index (κ3) is 2.68. The molecule has 0 aliphatic carbocycles. The Labute approximate surface area is 114 Å². The average molecular weight is 265 g/mol. The Bertz CT molecular complexity index is 420. The SMILES string of the molecule is CC1(Cn2cncc2C(N)C2CCOC2)CCCO1. The molecule has 0 aromatic carbocycles. The number of nitrogens with two attached hydrogens (primary N) is 1. The van der Waals surface area contributed by atoms with E-state index in [1.165, 1.54) is 0 Å². The van der Waals surface area contributed by atoms with Gasteiger partial charge in [-0.25, -0.2) is 4.98 Å². The number of rotatable bonds is 4. The minimum atomic E-state index is -0.0681. The van der Waals surface area contributed by atoms with Crippen molar-refractivity contribution in [3.05, 3.63) is 18.2 Å². The van der Waals surface area contributed by atoms with Crippen LogP contribution in [0.4, 0.5) is 0 Å². The van der Waals surface area contributed by atoms with Crippen molar-refractivity contribution in [3.8, 4) is 0 Å². The van der Waals surface area contributed by atoms with Crippen molar-refractivity contribution >= 4 is 0 Å². The van der Waals surface area contributed by atoms with Gasteiger partial charge < -0.3 is 19.8 Å². The molecule has 0 saturated carbocycles. The highest BCUT2D eigenvalue weighted by Gasteiger charge is 2.32. The van der Waals surface area contributed by atoms with Crippen LogP contribution >= 0.6 is 0 Å². The Kier molecular flexibility index (Phi) is 3.60. The molecular formula is C14H23N3O2. The molecule has 2 aliphatic rings. The summed E-state index contributed by atoms with van der Waals surface area (Å²) >= 11 is 0. The molecule has 3 heterocycles. The molecule has 0 spiro atoms. The van der Waals surface area contributed by atoms with Crippen LogP contribution < -0.4 is 5.73 Å². The maximum absolute atomic E-state index is 6.38. The highest BCUT2D eigenvalue weighted by Crippen LogP contribution is 2.30. The van der Waals surface area contributed by atoms with Crippen LogP contribution in [0.25, 0.3) is 0 Å². The first-order valence-electron chi connectivity index (χ1n) is 7.15. The number of ether oxygens (including phenoxy) is 2. The zero-order valence-electron chi connectivity index (χ0n) is 11.5. The molecule has 1 aromatic rings. The van der Waals surface area contributed by atoms with Gasteiger partial charge in [0.1, 0.15) is 0 Å². The quantitative estimate of drug-likeness (QED) is 0.896. The normalized spacial score (nSPS) is 32.8. The van der Waals surface area contributed by atoms with Crippen LogP contribution in [-0.4, -0.2) is 35.0 Å². The summed E-state index contributed by atoms with van der Waals surface area (Å²) in [5.74, 6) is 0.410. The molecule has 1 aromatic heterocycles. The van der Waals surface area contributed by atoms with E-state index in [9.17, 15) is 0 Å². The molecule has 19 heavy (non-hydrogen) atoms. The van der Waals surface area contributed by atoms with Gasteiger partial charge in [0.2, 0.25) is 0 Å². The number of hydrogen-bond acceptors (Lipinski definition) is 4. The van der Waals surface area contributed by atoms with Crippen LogP contribution in [0.3, 0.4) is 0 Å². The minimum Gasteiger partial charge on any atom is -0.381 e. The molecule has 0 bridgehead atoms. The highest BCUT2D eigenvalue weighted by atomic mass is 16.5. The van der Waals surface area contributed by atoms with Crippen molar-refractivity contribution in [1.82, 2.24) is 9.55 Å². The van der Waals surface area contributed by atoms with Crippen LogP contribution in [0.2, 0.25) is 0 Å². The van der Waals surface area contributed by atoms with Crippen LogP contribution in [0.15, 0.2) is 12.5 Å². The van der Waals surface area contributed by atoms with Crippen LogP contribution in [0, 0.1) is 5.92 Å². The molecule has 0 amide bonds. The second-order valence-electron chi connectivity index (χ2n) is 6.00. The topological polar surface area (TPSA) is 62.3 Å². The molecule has 3 rings (SSSR count). The summed E-state index contributed by atoms with van der Waals surface area (Å²) in [6.45, 7) is 5.47. The fourth-order valence-electron chi connectivity index (χ4n) is 3.14. The maximum atomic E-state index is 6.38. The monoisotopic (exact) mass is 265 g/mol. The third-order valence-electron chi connectivity index (χ3n) is 4.36. The lowest BCUT2D eigenvalue weighted by atomic mass is 9.96. The summed E-state index contributed by atoms with van der Waals surface area (Å²) in [7, 11) is 0. The Balaban J connectivity index is 1.74. The lowest BCUT2D eigenvalue weighted by molar-refractivity contribution is 0.00531. The van der Waals surface area contributed by atoms with Crippen molar-refractivity contribution in [1.29, 1.82) is 0 Å². The van der Waals surface area contributed by atoms with Crippen molar-refractivity contribution in [2.45, 2.75) is 44.4 Å². The van der Waals surface area contributed by atoms with E-state index in [2.05, 4.69) is 16.5 Å². The highest BCUT2D eigenvalue weighted by molar-refractivity contribution is 5.08. The fourth-order valence-corrected chi connectivity index (χ4v) is 3.14. The zero-order valence-corrected chi connectivity index (χ0v) is 11.5. The molecule has 3 unspecified atom stereocenters. The average Bonchev–Trinajstić information content (AvgIpc) is 3.09. The smallest absolute Gasteiger partial charge is 0.0949 e. The number of aromatic nitrogens is 2. The van der Waals surface area contributed by atoms with Crippen LogP contribution in [0.1, 0.15) is 37.9 Å². The van der Waals surface area contributed by atoms with Gasteiger partial charge in [-0.2, -0.15) is 0 Å². The molecule has 106 valence electrons. The van der Waals surface area contributed by atoms with E-state index in [1.807, 2.05) is 12.5 Å². The van der Waals surface area contributed by atoms with Crippen molar-refractivity contribution < 1.29 is 9.47 Å². The van der Waals surface area contributed by atoms with E-state index >= 15 is 0 Å². The van der Waals surface area contributed by atoms with Gasteiger partial charge in [-0.05, 0) is 26.2 Å². The second-order valence-corrected chi connectivity index (χ2v) is 6.00. The number of hydrogen-bond donors (Lipinski definition) is 1. The Morgan fingerprint density at radius 2 is 2.47 bits per heavy atom. The van der Waals surface area contributed by atoms with E-state index in [-0.39, 0.29) is 11.6 Å². The number of nitrogens with zero attached hydrogens (tertiary/aromatic N) is 2. The van der Waals surface area contributed by atoms with E-state index in [4.69, 9.17) is 15.2 Å². The summed E-state index contributed by atoms with van der Waals surface area (Å²) < 4.78 is 13.5. The van der Waals surface area contributed by atoms with Crippen LogP contribution in [-0.2, 0) is 16.0 Å². The van der Waals surface area contributed by atoms with Crippen molar-refractivity contribution in [2.24, 2.45) is 11.7 Å². The van der Waals surface area contributed by atoms with E-state index in [1.54, 1.807) is 0 Å². The fraction of sp³-hybridized carbons (Fsp3) is 0.786. The molecule has 2 N–H and O–H groups in total. The van der Waals surface area contributed by atoms with Crippen molar-refractivity contribution in [3.63, 3.8) is 0 Å². The van der Waals surface area contributed by atoms with Gasteiger partial charge in [0.05, 0.1) is 36.8 Å². The largest absolute Gasteiger partial charge is 0.381 e. The van der Waals surface area contributed by atoms with E-state index < -0.39 is 0 Å². The van der Waals surface area contributed by atoms with Gasteiger partial charge in [-0.15, -0.1) is 0 Å². The first-order valence-corrected chi connectivity index (χ1v) is 7.15. The molecule has 2 fully saturated rings. The summed E-state index contributed by atoms with van der Waals surface area (Å²) in [6.07, 6.45) is 7.05. The first-order chi connectivity index (χ1) is 9.18. The molecule has 2 saturated heterocycles.